The molecule has 6 heteroatoms. The first-order valence-corrected chi connectivity index (χ1v) is 6.98. The van der Waals surface area contributed by atoms with E-state index in [2.05, 4.69) is 11.1 Å². The normalized spacial score (nSPS) is 10.8. The van der Waals surface area contributed by atoms with E-state index >= 15 is 0 Å². The molecular formula is C15H8Cl2FN3. The number of alkyl halides is 1. The van der Waals surface area contributed by atoms with Crippen molar-refractivity contribution < 1.29 is 4.39 Å². The maximum atomic E-state index is 13.6. The van der Waals surface area contributed by atoms with Crippen LogP contribution >= 0.6 is 23.2 Å². The number of imidazole rings is 1. The van der Waals surface area contributed by atoms with Gasteiger partial charge < -0.3 is 0 Å². The number of nitriles is 1. The number of rotatable bonds is 2. The lowest BCUT2D eigenvalue weighted by molar-refractivity contribution is 0.630. The fourth-order valence-electron chi connectivity index (χ4n) is 2.21. The van der Waals surface area contributed by atoms with E-state index in [1.54, 1.807) is 22.8 Å². The van der Waals surface area contributed by atoms with E-state index in [-0.39, 0.29) is 10.9 Å². The summed E-state index contributed by atoms with van der Waals surface area (Å²) < 4.78 is 15.3. The van der Waals surface area contributed by atoms with Crippen LogP contribution in [0.3, 0.4) is 0 Å². The van der Waals surface area contributed by atoms with Crippen molar-refractivity contribution in [2.75, 3.05) is 0 Å². The summed E-state index contributed by atoms with van der Waals surface area (Å²) in [4.78, 5) is 4.31. The zero-order valence-corrected chi connectivity index (χ0v) is 12.2. The van der Waals surface area contributed by atoms with Crippen LogP contribution in [0.1, 0.15) is 11.4 Å². The smallest absolute Gasteiger partial charge is 0.144 e. The SMILES string of the molecule is N#Cc1cccc(-n2c(CCl)nc3cc(F)c(Cl)cc32)c1. The largest absolute Gasteiger partial charge is 0.295 e. The molecule has 0 bridgehead atoms. The van der Waals surface area contributed by atoms with Crippen molar-refractivity contribution in [1.29, 1.82) is 5.26 Å². The van der Waals surface area contributed by atoms with E-state index in [9.17, 15) is 4.39 Å². The van der Waals surface area contributed by atoms with Gasteiger partial charge in [0.25, 0.3) is 0 Å². The standard InChI is InChI=1S/C15H8Cl2FN3/c16-7-15-20-13-6-12(18)11(17)5-14(13)21(15)10-3-1-2-9(4-10)8-19/h1-6H,7H2. The summed E-state index contributed by atoms with van der Waals surface area (Å²) in [6.45, 7) is 0. The quantitative estimate of drug-likeness (QED) is 0.656. The zero-order valence-electron chi connectivity index (χ0n) is 10.6. The third kappa shape index (κ3) is 2.35. The maximum Gasteiger partial charge on any atom is 0.144 e. The number of benzene rings is 2. The van der Waals surface area contributed by atoms with Gasteiger partial charge in [-0.3, -0.25) is 4.57 Å². The van der Waals surface area contributed by atoms with Gasteiger partial charge in [-0.15, -0.1) is 11.6 Å². The minimum absolute atomic E-state index is 0.0150. The second-order valence-corrected chi connectivity index (χ2v) is 5.09. The fourth-order valence-corrected chi connectivity index (χ4v) is 2.55. The second kappa shape index (κ2) is 5.36. The number of hydrogen-bond acceptors (Lipinski definition) is 2. The molecule has 2 aromatic carbocycles. The Kier molecular flexibility index (Phi) is 3.54. The highest BCUT2D eigenvalue weighted by Gasteiger charge is 2.14. The number of fused-ring (bicyclic) bond motifs is 1. The first-order valence-electron chi connectivity index (χ1n) is 6.07. The molecule has 0 atom stereocenters. The number of hydrogen-bond donors (Lipinski definition) is 0. The second-order valence-electron chi connectivity index (χ2n) is 4.41. The Hall–Kier alpha value is -2.09. The van der Waals surface area contributed by atoms with Crippen LogP contribution in [0.15, 0.2) is 36.4 Å². The number of nitrogens with zero attached hydrogens (tertiary/aromatic N) is 3. The predicted molar refractivity (Wildman–Crippen MR) is 80.3 cm³/mol. The van der Waals surface area contributed by atoms with E-state index in [1.165, 1.54) is 12.1 Å². The summed E-state index contributed by atoms with van der Waals surface area (Å²) in [6.07, 6.45) is 0. The van der Waals surface area contributed by atoms with Crippen LogP contribution in [0, 0.1) is 17.1 Å². The van der Waals surface area contributed by atoms with Crippen LogP contribution in [0.4, 0.5) is 4.39 Å². The molecule has 0 aliphatic heterocycles. The number of halogens is 3. The average molecular weight is 320 g/mol. The molecule has 1 aromatic heterocycles. The highest BCUT2D eigenvalue weighted by Crippen LogP contribution is 2.27. The summed E-state index contributed by atoms with van der Waals surface area (Å²) >= 11 is 11.8. The topological polar surface area (TPSA) is 41.6 Å². The van der Waals surface area contributed by atoms with Crippen molar-refractivity contribution in [3.05, 3.63) is 58.6 Å². The Bertz CT molecular complexity index is 880. The highest BCUT2D eigenvalue weighted by molar-refractivity contribution is 6.31. The van der Waals surface area contributed by atoms with Crippen LogP contribution in [-0.2, 0) is 5.88 Å². The Morgan fingerprint density at radius 3 is 2.81 bits per heavy atom. The van der Waals surface area contributed by atoms with Crippen molar-refractivity contribution in [3.8, 4) is 11.8 Å². The summed E-state index contributed by atoms with van der Waals surface area (Å²) in [5, 5.41) is 9.02. The van der Waals surface area contributed by atoms with E-state index < -0.39 is 5.82 Å². The molecule has 0 aliphatic carbocycles. The third-order valence-electron chi connectivity index (χ3n) is 3.12. The lowest BCUT2D eigenvalue weighted by Crippen LogP contribution is -1.99. The highest BCUT2D eigenvalue weighted by atomic mass is 35.5. The molecule has 1 heterocycles. The van der Waals surface area contributed by atoms with Crippen molar-refractivity contribution in [1.82, 2.24) is 9.55 Å². The molecule has 3 rings (SSSR count). The molecule has 0 saturated carbocycles. The molecule has 0 N–H and O–H groups in total. The van der Waals surface area contributed by atoms with Gasteiger partial charge in [-0.25, -0.2) is 9.37 Å². The van der Waals surface area contributed by atoms with E-state index in [1.807, 2.05) is 6.07 Å². The molecule has 0 spiro atoms. The van der Waals surface area contributed by atoms with Gasteiger partial charge in [-0.1, -0.05) is 17.7 Å². The molecule has 0 fully saturated rings. The molecule has 0 unspecified atom stereocenters. The fraction of sp³-hybridized carbons (Fsp3) is 0.0667. The average Bonchev–Trinajstić information content (AvgIpc) is 2.85. The molecular weight excluding hydrogens is 312 g/mol. The summed E-state index contributed by atoms with van der Waals surface area (Å²) in [5.74, 6) is 0.189. The molecule has 3 nitrogen and oxygen atoms in total. The van der Waals surface area contributed by atoms with Gasteiger partial charge in [0, 0.05) is 11.8 Å². The maximum absolute atomic E-state index is 13.6. The Morgan fingerprint density at radius 1 is 1.29 bits per heavy atom. The molecule has 0 aliphatic rings. The van der Waals surface area contributed by atoms with Gasteiger partial charge in [0.1, 0.15) is 11.6 Å². The lowest BCUT2D eigenvalue weighted by atomic mass is 10.2. The van der Waals surface area contributed by atoms with Crippen LogP contribution in [-0.4, -0.2) is 9.55 Å². The molecule has 0 radical (unpaired) electrons. The van der Waals surface area contributed by atoms with Gasteiger partial charge in [0.2, 0.25) is 0 Å². The van der Waals surface area contributed by atoms with E-state index in [0.29, 0.717) is 22.4 Å². The first kappa shape index (κ1) is 13.9. The molecule has 104 valence electrons. The van der Waals surface area contributed by atoms with E-state index in [0.717, 1.165) is 5.69 Å². The number of aromatic nitrogens is 2. The van der Waals surface area contributed by atoms with Gasteiger partial charge >= 0.3 is 0 Å². The van der Waals surface area contributed by atoms with Crippen molar-refractivity contribution in [2.45, 2.75) is 5.88 Å². The van der Waals surface area contributed by atoms with Gasteiger partial charge in [0.05, 0.1) is 33.6 Å². The summed E-state index contributed by atoms with van der Waals surface area (Å²) in [5.41, 5.74) is 2.36. The van der Waals surface area contributed by atoms with Crippen LogP contribution < -0.4 is 0 Å². The summed E-state index contributed by atoms with van der Waals surface area (Å²) in [7, 11) is 0. The van der Waals surface area contributed by atoms with Crippen LogP contribution in [0.25, 0.3) is 16.7 Å². The monoisotopic (exact) mass is 319 g/mol. The minimum Gasteiger partial charge on any atom is -0.295 e. The predicted octanol–water partition coefficient (Wildman–Crippen LogP) is 4.43. The van der Waals surface area contributed by atoms with Crippen molar-refractivity contribution in [3.63, 3.8) is 0 Å². The third-order valence-corrected chi connectivity index (χ3v) is 3.65. The molecule has 21 heavy (non-hydrogen) atoms. The Balaban J connectivity index is 2.34. The molecule has 0 amide bonds. The minimum atomic E-state index is -0.527. The van der Waals surface area contributed by atoms with Gasteiger partial charge in [-0.05, 0) is 24.3 Å². The van der Waals surface area contributed by atoms with Crippen molar-refractivity contribution in [2.24, 2.45) is 0 Å². The lowest BCUT2D eigenvalue weighted by Gasteiger charge is -2.08. The molecule has 3 aromatic rings. The van der Waals surface area contributed by atoms with Crippen molar-refractivity contribution >= 4 is 34.2 Å². The zero-order chi connectivity index (χ0) is 15.0. The van der Waals surface area contributed by atoms with E-state index in [4.69, 9.17) is 28.5 Å². The Morgan fingerprint density at radius 2 is 2.10 bits per heavy atom. The Labute approximate surface area is 130 Å². The van der Waals surface area contributed by atoms with Crippen LogP contribution in [0.5, 0.6) is 0 Å². The first-order chi connectivity index (χ1) is 10.1. The van der Waals surface area contributed by atoms with Gasteiger partial charge in [-0.2, -0.15) is 5.26 Å². The molecule has 0 saturated heterocycles. The van der Waals surface area contributed by atoms with Crippen LogP contribution in [0.2, 0.25) is 5.02 Å². The summed E-state index contributed by atoms with van der Waals surface area (Å²) in [6, 6.07) is 11.9. The van der Waals surface area contributed by atoms with Gasteiger partial charge in [0.15, 0.2) is 0 Å².